The van der Waals surface area contributed by atoms with Gasteiger partial charge in [-0.25, -0.2) is 4.98 Å². The Morgan fingerprint density at radius 1 is 1.65 bits per heavy atom. The topological polar surface area (TPSA) is 77.2 Å². The molecule has 3 atom stereocenters. The van der Waals surface area contributed by atoms with Gasteiger partial charge in [-0.2, -0.15) is 0 Å². The highest BCUT2D eigenvalue weighted by atomic mass is 32.1. The Bertz CT molecular complexity index is 503. The second-order valence-corrected chi connectivity index (χ2v) is 7.19. The zero-order valence-electron chi connectivity index (χ0n) is 11.9. The third-order valence-corrected chi connectivity index (χ3v) is 5.78. The Labute approximate surface area is 122 Å². The third-order valence-electron chi connectivity index (χ3n) is 4.94. The van der Waals surface area contributed by atoms with Crippen LogP contribution in [0.4, 0.5) is 0 Å². The van der Waals surface area contributed by atoms with Crippen LogP contribution in [0.25, 0.3) is 0 Å². The zero-order chi connectivity index (χ0) is 14.4. The van der Waals surface area contributed by atoms with Crippen molar-refractivity contribution in [3.05, 3.63) is 16.6 Å². The molecule has 1 aromatic heterocycles. The Morgan fingerprint density at radius 3 is 3.15 bits per heavy atom. The van der Waals surface area contributed by atoms with Crippen LogP contribution in [0.1, 0.15) is 25.3 Å². The fourth-order valence-electron chi connectivity index (χ4n) is 3.65. The summed E-state index contributed by atoms with van der Waals surface area (Å²) in [5, 5.41) is 5.95. The maximum absolute atomic E-state index is 12.5. The number of amides is 1. The summed E-state index contributed by atoms with van der Waals surface area (Å²) in [4.78, 5) is 16.7. The van der Waals surface area contributed by atoms with E-state index in [4.69, 9.17) is 10.5 Å². The normalized spacial score (nSPS) is 34.4. The molecule has 3 unspecified atom stereocenters. The largest absolute Gasteiger partial charge is 0.377 e. The molecule has 3 N–H and O–H groups in total. The van der Waals surface area contributed by atoms with Crippen LogP contribution in [-0.4, -0.2) is 35.7 Å². The number of thiazole rings is 1. The smallest absolute Gasteiger partial charge is 0.241 e. The number of ether oxygens (including phenoxy) is 1. The summed E-state index contributed by atoms with van der Waals surface area (Å²) in [7, 11) is 0. The minimum absolute atomic E-state index is 0.0502. The molecule has 1 saturated heterocycles. The fraction of sp³-hybridized carbons (Fsp3) is 0.714. The lowest BCUT2D eigenvalue weighted by molar-refractivity contribution is -0.175. The van der Waals surface area contributed by atoms with Crippen molar-refractivity contribution in [2.75, 3.05) is 13.2 Å². The summed E-state index contributed by atoms with van der Waals surface area (Å²) in [5.41, 5.74) is 5.35. The van der Waals surface area contributed by atoms with Crippen molar-refractivity contribution in [3.8, 4) is 0 Å². The average Bonchev–Trinajstić information content (AvgIpc) is 3.07. The lowest BCUT2D eigenvalue weighted by atomic mass is 9.48. The van der Waals surface area contributed by atoms with Crippen LogP contribution >= 0.6 is 11.3 Å². The molecule has 20 heavy (non-hydrogen) atoms. The maximum Gasteiger partial charge on any atom is 0.241 e. The van der Waals surface area contributed by atoms with Gasteiger partial charge in [0, 0.05) is 42.5 Å². The van der Waals surface area contributed by atoms with E-state index in [1.807, 2.05) is 19.2 Å². The van der Waals surface area contributed by atoms with Crippen molar-refractivity contribution in [1.29, 1.82) is 0 Å². The van der Waals surface area contributed by atoms with Gasteiger partial charge in [0.2, 0.25) is 5.91 Å². The van der Waals surface area contributed by atoms with Gasteiger partial charge in [0.15, 0.2) is 0 Å². The number of nitrogens with zero attached hydrogens (tertiary/aromatic N) is 1. The Balaban J connectivity index is 1.61. The molecular weight excluding hydrogens is 274 g/mol. The summed E-state index contributed by atoms with van der Waals surface area (Å²) in [5.74, 6) is 0.100. The fourth-order valence-corrected chi connectivity index (χ4v) is 4.27. The second kappa shape index (κ2) is 4.79. The average molecular weight is 295 g/mol. The van der Waals surface area contributed by atoms with Crippen LogP contribution in [0.5, 0.6) is 0 Å². The van der Waals surface area contributed by atoms with Gasteiger partial charge >= 0.3 is 0 Å². The number of aromatic nitrogens is 1. The molecule has 0 radical (unpaired) electrons. The number of rotatable bonds is 4. The van der Waals surface area contributed by atoms with E-state index in [2.05, 4.69) is 10.3 Å². The predicted octanol–water partition coefficient (Wildman–Crippen LogP) is 0.944. The molecule has 2 aliphatic rings. The highest BCUT2D eigenvalue weighted by Gasteiger charge is 2.71. The van der Waals surface area contributed by atoms with Crippen LogP contribution in [0, 0.1) is 11.3 Å². The minimum Gasteiger partial charge on any atom is -0.377 e. The Hall–Kier alpha value is -0.980. The molecule has 0 aromatic carbocycles. The van der Waals surface area contributed by atoms with Gasteiger partial charge in [0.25, 0.3) is 0 Å². The molecule has 2 heterocycles. The van der Waals surface area contributed by atoms with E-state index in [0.29, 0.717) is 13.2 Å². The molecule has 1 aliphatic carbocycles. The summed E-state index contributed by atoms with van der Waals surface area (Å²) >= 11 is 1.60. The lowest BCUT2D eigenvalue weighted by Crippen LogP contribution is -2.80. The zero-order valence-corrected chi connectivity index (χ0v) is 12.7. The summed E-state index contributed by atoms with van der Waals surface area (Å²) in [6.07, 6.45) is 3.54. The van der Waals surface area contributed by atoms with Crippen molar-refractivity contribution >= 4 is 17.2 Å². The van der Waals surface area contributed by atoms with Crippen molar-refractivity contribution in [1.82, 2.24) is 10.3 Å². The van der Waals surface area contributed by atoms with Crippen LogP contribution in [0.2, 0.25) is 0 Å². The molecule has 1 amide bonds. The third kappa shape index (κ3) is 1.82. The van der Waals surface area contributed by atoms with E-state index in [9.17, 15) is 4.79 Å². The number of carbonyl (C=O) groups is 1. The van der Waals surface area contributed by atoms with Crippen LogP contribution < -0.4 is 11.1 Å². The lowest BCUT2D eigenvalue weighted by Gasteiger charge is -2.60. The molecule has 3 rings (SSSR count). The molecule has 1 saturated carbocycles. The summed E-state index contributed by atoms with van der Waals surface area (Å²) in [6.45, 7) is 5.35. The van der Waals surface area contributed by atoms with E-state index in [1.54, 1.807) is 17.5 Å². The highest BCUT2D eigenvalue weighted by Crippen LogP contribution is 2.58. The summed E-state index contributed by atoms with van der Waals surface area (Å²) in [6, 6.07) is 0. The molecule has 2 fully saturated rings. The van der Waals surface area contributed by atoms with Crippen molar-refractivity contribution in [3.63, 3.8) is 0 Å². The molecule has 1 aliphatic heterocycles. The number of fused-ring (bicyclic) bond motifs is 1. The number of hydrogen-bond donors (Lipinski definition) is 2. The van der Waals surface area contributed by atoms with Crippen molar-refractivity contribution < 1.29 is 9.53 Å². The standard InChI is InChI=1S/C14H21N3O2S/c1-13(2)11-9(4-7-19-11)14(13,15)12(18)17-5-3-10-16-6-8-20-10/h6,8-9,11H,3-5,7,15H2,1-2H3,(H,17,18). The number of nitrogens with one attached hydrogen (secondary N) is 1. The van der Waals surface area contributed by atoms with E-state index in [1.165, 1.54) is 0 Å². The second-order valence-electron chi connectivity index (χ2n) is 6.21. The van der Waals surface area contributed by atoms with Gasteiger partial charge in [0.05, 0.1) is 11.1 Å². The van der Waals surface area contributed by atoms with Gasteiger partial charge < -0.3 is 15.8 Å². The molecule has 0 bridgehead atoms. The number of carbonyl (C=O) groups excluding carboxylic acids is 1. The molecule has 110 valence electrons. The summed E-state index contributed by atoms with van der Waals surface area (Å²) < 4.78 is 5.71. The maximum atomic E-state index is 12.5. The van der Waals surface area contributed by atoms with Gasteiger partial charge in [-0.15, -0.1) is 11.3 Å². The monoisotopic (exact) mass is 295 g/mol. The molecule has 6 heteroatoms. The first-order valence-corrected chi connectivity index (χ1v) is 7.93. The number of nitrogens with two attached hydrogens (primary N) is 1. The Morgan fingerprint density at radius 2 is 2.45 bits per heavy atom. The van der Waals surface area contributed by atoms with Gasteiger partial charge in [-0.1, -0.05) is 13.8 Å². The SMILES string of the molecule is CC1(C)C2OCCC2C1(N)C(=O)NCCc1nccs1. The first-order chi connectivity index (χ1) is 9.48. The van der Waals surface area contributed by atoms with Crippen molar-refractivity contribution in [2.24, 2.45) is 17.1 Å². The quantitative estimate of drug-likeness (QED) is 0.867. The van der Waals surface area contributed by atoms with E-state index >= 15 is 0 Å². The molecule has 5 nitrogen and oxygen atoms in total. The van der Waals surface area contributed by atoms with Gasteiger partial charge in [-0.3, -0.25) is 4.79 Å². The van der Waals surface area contributed by atoms with Gasteiger partial charge in [0.1, 0.15) is 5.54 Å². The number of hydrogen-bond acceptors (Lipinski definition) is 5. The van der Waals surface area contributed by atoms with Crippen LogP contribution in [-0.2, 0) is 16.0 Å². The minimum atomic E-state index is -0.808. The van der Waals surface area contributed by atoms with E-state index < -0.39 is 5.54 Å². The van der Waals surface area contributed by atoms with Gasteiger partial charge in [-0.05, 0) is 6.42 Å². The van der Waals surface area contributed by atoms with Crippen LogP contribution in [0.15, 0.2) is 11.6 Å². The predicted molar refractivity (Wildman–Crippen MR) is 77.4 cm³/mol. The molecule has 1 aromatic rings. The highest BCUT2D eigenvalue weighted by molar-refractivity contribution is 7.09. The van der Waals surface area contributed by atoms with E-state index in [-0.39, 0.29) is 23.3 Å². The first-order valence-electron chi connectivity index (χ1n) is 7.05. The van der Waals surface area contributed by atoms with Crippen molar-refractivity contribution in [2.45, 2.75) is 38.3 Å². The molecular formula is C14H21N3O2S. The van der Waals surface area contributed by atoms with E-state index in [0.717, 1.165) is 17.8 Å². The first kappa shape index (κ1) is 14.0. The molecule has 0 spiro atoms. The van der Waals surface area contributed by atoms with Crippen LogP contribution in [0.3, 0.4) is 0 Å². The Kier molecular flexibility index (Phi) is 3.35.